The zero-order valence-electron chi connectivity index (χ0n) is 22.5. The summed E-state index contributed by atoms with van der Waals surface area (Å²) in [6.07, 6.45) is 3.04. The molecule has 2 unspecified atom stereocenters. The molecule has 0 bridgehead atoms. The lowest BCUT2D eigenvalue weighted by molar-refractivity contribution is -0.137. The van der Waals surface area contributed by atoms with Gasteiger partial charge in [-0.1, -0.05) is 12.2 Å². The highest BCUT2D eigenvalue weighted by molar-refractivity contribution is 5.92. The van der Waals surface area contributed by atoms with E-state index in [0.29, 0.717) is 31.9 Å². The van der Waals surface area contributed by atoms with Gasteiger partial charge in [0.05, 0.1) is 16.5 Å². The second kappa shape index (κ2) is 10.3. The Hall–Kier alpha value is -3.61. The zero-order chi connectivity index (χ0) is 28.9. The number of ether oxygens (including phenoxy) is 1. The molecule has 0 aliphatic carbocycles. The van der Waals surface area contributed by atoms with Crippen LogP contribution in [0.4, 0.5) is 33.6 Å². The first-order valence-corrected chi connectivity index (χ1v) is 13.7. The summed E-state index contributed by atoms with van der Waals surface area (Å²) in [7, 11) is 0. The van der Waals surface area contributed by atoms with Crippen molar-refractivity contribution in [2.75, 3.05) is 43.4 Å². The van der Waals surface area contributed by atoms with Crippen molar-refractivity contribution in [3.8, 4) is 17.4 Å². The highest BCUT2D eigenvalue weighted by Crippen LogP contribution is 2.42. The van der Waals surface area contributed by atoms with Crippen LogP contribution in [0.15, 0.2) is 24.4 Å². The Kier molecular flexibility index (Phi) is 6.95. The van der Waals surface area contributed by atoms with Crippen LogP contribution in [0.5, 0.6) is 6.01 Å². The van der Waals surface area contributed by atoms with Crippen molar-refractivity contribution in [3.05, 3.63) is 41.4 Å². The monoisotopic (exact) mass is 575 g/mol. The molecule has 2 saturated heterocycles. The molecule has 13 heteroatoms. The quantitative estimate of drug-likeness (QED) is 0.326. The first kappa shape index (κ1) is 27.6. The van der Waals surface area contributed by atoms with Crippen LogP contribution < -0.4 is 15.4 Å². The number of nitrogen functional groups attached to an aromatic ring is 1. The minimum absolute atomic E-state index is 0.119. The number of hydrogen-bond acceptors (Lipinski definition) is 8. The largest absolute Gasteiger partial charge is 0.461 e. The number of rotatable bonds is 5. The number of anilines is 2. The average molecular weight is 576 g/mol. The third-order valence-corrected chi connectivity index (χ3v) is 8.22. The molecule has 8 nitrogen and oxygen atoms in total. The summed E-state index contributed by atoms with van der Waals surface area (Å²) >= 11 is 0. The van der Waals surface area contributed by atoms with Crippen LogP contribution in [0, 0.1) is 12.7 Å². The van der Waals surface area contributed by atoms with E-state index in [0.717, 1.165) is 38.3 Å². The fourth-order valence-corrected chi connectivity index (χ4v) is 6.39. The number of alkyl halides is 4. The smallest absolute Gasteiger partial charge is 0.418 e. The van der Waals surface area contributed by atoms with Gasteiger partial charge in [0.2, 0.25) is 0 Å². The van der Waals surface area contributed by atoms with Gasteiger partial charge < -0.3 is 15.4 Å². The summed E-state index contributed by atoms with van der Waals surface area (Å²) in [6, 6.07) is 0.957. The van der Waals surface area contributed by atoms with Crippen LogP contribution in [0.25, 0.3) is 22.3 Å². The van der Waals surface area contributed by atoms with E-state index in [1.807, 2.05) is 17.1 Å². The predicted octanol–water partition coefficient (Wildman–Crippen LogP) is 5.25. The molecule has 2 atom stereocenters. The van der Waals surface area contributed by atoms with Gasteiger partial charge in [0.25, 0.3) is 0 Å². The number of aryl methyl sites for hydroxylation is 1. The summed E-state index contributed by atoms with van der Waals surface area (Å²) < 4.78 is 78.8. The van der Waals surface area contributed by atoms with Gasteiger partial charge in [-0.3, -0.25) is 9.88 Å². The fraction of sp³-hybridized carbons (Fsp3) is 0.500. The van der Waals surface area contributed by atoms with Crippen LogP contribution >= 0.6 is 0 Å². The number of aromatic nitrogens is 4. The SMILES string of the molecule is Cc1cc(N)nc(-c2ncc3c(N4CCC=CCC4)nc(OCC45CCCN4CC(F)C5)nc3c2F)c1C(F)(F)F. The van der Waals surface area contributed by atoms with E-state index >= 15 is 4.39 Å². The molecule has 0 amide bonds. The molecule has 3 aromatic heterocycles. The Bertz CT molecular complexity index is 1500. The van der Waals surface area contributed by atoms with E-state index < -0.39 is 40.7 Å². The molecule has 0 spiro atoms. The topological polar surface area (TPSA) is 93.3 Å². The van der Waals surface area contributed by atoms with Crippen molar-refractivity contribution in [3.63, 3.8) is 0 Å². The first-order chi connectivity index (χ1) is 19.6. The van der Waals surface area contributed by atoms with Crippen LogP contribution in [0.2, 0.25) is 0 Å². The highest BCUT2D eigenvalue weighted by Gasteiger charge is 2.49. The van der Waals surface area contributed by atoms with E-state index in [1.54, 1.807) is 0 Å². The number of fused-ring (bicyclic) bond motifs is 2. The summed E-state index contributed by atoms with van der Waals surface area (Å²) in [4.78, 5) is 20.9. The summed E-state index contributed by atoms with van der Waals surface area (Å²) in [5, 5.41) is 0.236. The van der Waals surface area contributed by atoms with Gasteiger partial charge in [0.1, 0.15) is 41.3 Å². The van der Waals surface area contributed by atoms with Gasteiger partial charge in [-0.25, -0.2) is 13.8 Å². The lowest BCUT2D eigenvalue weighted by Gasteiger charge is -2.31. The highest BCUT2D eigenvalue weighted by atomic mass is 19.4. The van der Waals surface area contributed by atoms with E-state index in [4.69, 9.17) is 10.5 Å². The molecular formula is C28H30F5N7O. The molecule has 0 saturated carbocycles. The number of nitrogens with two attached hydrogens (primary N) is 1. The van der Waals surface area contributed by atoms with Gasteiger partial charge in [0.15, 0.2) is 5.82 Å². The van der Waals surface area contributed by atoms with Crippen LogP contribution in [-0.2, 0) is 6.18 Å². The van der Waals surface area contributed by atoms with Gasteiger partial charge in [-0.15, -0.1) is 0 Å². The number of nitrogens with zero attached hydrogens (tertiary/aromatic N) is 6. The van der Waals surface area contributed by atoms with E-state index in [9.17, 15) is 17.6 Å². The van der Waals surface area contributed by atoms with Gasteiger partial charge in [0, 0.05) is 32.3 Å². The summed E-state index contributed by atoms with van der Waals surface area (Å²) in [5.41, 5.74) is 2.39. The van der Waals surface area contributed by atoms with Crippen molar-refractivity contribution >= 4 is 22.5 Å². The first-order valence-electron chi connectivity index (χ1n) is 13.7. The lowest BCUT2D eigenvalue weighted by Crippen LogP contribution is -2.43. The normalized spacial score (nSPS) is 23.3. The molecular weight excluding hydrogens is 545 g/mol. The molecule has 2 fully saturated rings. The van der Waals surface area contributed by atoms with Crippen molar-refractivity contribution in [2.45, 2.75) is 56.9 Å². The Morgan fingerprint density at radius 2 is 1.85 bits per heavy atom. The Balaban J connectivity index is 1.47. The minimum Gasteiger partial charge on any atom is -0.461 e. The number of hydrogen-bond donors (Lipinski definition) is 1. The van der Waals surface area contributed by atoms with E-state index in [2.05, 4.69) is 24.8 Å². The maximum absolute atomic E-state index is 16.3. The van der Waals surface area contributed by atoms with Crippen molar-refractivity contribution in [1.82, 2.24) is 24.8 Å². The molecule has 3 aliphatic rings. The fourth-order valence-electron chi connectivity index (χ4n) is 6.39. The second-order valence-corrected chi connectivity index (χ2v) is 11.0. The zero-order valence-corrected chi connectivity index (χ0v) is 22.5. The van der Waals surface area contributed by atoms with Gasteiger partial charge in [-0.2, -0.15) is 23.1 Å². The molecule has 3 aromatic rings. The molecule has 0 radical (unpaired) electrons. The summed E-state index contributed by atoms with van der Waals surface area (Å²) in [6.45, 7) is 3.63. The van der Waals surface area contributed by atoms with Gasteiger partial charge in [-0.05, 0) is 50.8 Å². The number of halogens is 5. The maximum atomic E-state index is 16.3. The summed E-state index contributed by atoms with van der Waals surface area (Å²) in [5.74, 6) is -0.911. The van der Waals surface area contributed by atoms with Crippen LogP contribution in [-0.4, -0.2) is 69.3 Å². The Labute approximate surface area is 233 Å². The lowest BCUT2D eigenvalue weighted by atomic mass is 9.95. The third kappa shape index (κ3) is 5.04. The predicted molar refractivity (Wildman–Crippen MR) is 144 cm³/mol. The van der Waals surface area contributed by atoms with E-state index in [-0.39, 0.29) is 34.9 Å². The van der Waals surface area contributed by atoms with Crippen LogP contribution in [0.3, 0.4) is 0 Å². The van der Waals surface area contributed by atoms with Crippen molar-refractivity contribution < 1.29 is 26.7 Å². The Morgan fingerprint density at radius 3 is 2.59 bits per heavy atom. The third-order valence-electron chi connectivity index (χ3n) is 8.22. The molecule has 41 heavy (non-hydrogen) atoms. The molecule has 3 aliphatic heterocycles. The molecule has 218 valence electrons. The molecule has 6 rings (SSSR count). The van der Waals surface area contributed by atoms with Crippen molar-refractivity contribution in [2.24, 2.45) is 0 Å². The standard InChI is InChI=1S/C28H30F5N7O/c1-16-11-19(34)36-23(20(16)28(31,32)33)24-21(30)22-18(13-35-24)25(39-8-4-2-3-5-9-39)38-26(37-22)41-15-27-7-6-10-40(27)14-17(29)12-27/h2-3,11,13,17H,4-10,12,14-15H2,1H3,(H2,34,36). The maximum Gasteiger partial charge on any atom is 0.418 e. The molecule has 2 N–H and O–H groups in total. The number of pyridine rings is 2. The molecule has 6 heterocycles. The van der Waals surface area contributed by atoms with Crippen molar-refractivity contribution in [1.29, 1.82) is 0 Å². The Morgan fingerprint density at radius 1 is 1.10 bits per heavy atom. The average Bonchev–Trinajstić information content (AvgIpc) is 3.28. The van der Waals surface area contributed by atoms with Crippen LogP contribution in [0.1, 0.15) is 43.2 Å². The minimum atomic E-state index is -4.82. The van der Waals surface area contributed by atoms with E-state index in [1.165, 1.54) is 13.1 Å². The molecule has 0 aromatic carbocycles. The second-order valence-electron chi connectivity index (χ2n) is 11.0. The van der Waals surface area contributed by atoms with Gasteiger partial charge >= 0.3 is 12.2 Å².